The van der Waals surface area contributed by atoms with E-state index in [2.05, 4.69) is 74.7 Å². The molecule has 0 radical (unpaired) electrons. The van der Waals surface area contributed by atoms with Gasteiger partial charge in [-0.25, -0.2) is 0 Å². The van der Waals surface area contributed by atoms with Gasteiger partial charge < -0.3 is 45.1 Å². The molecule has 0 aromatic carbocycles. The molecule has 8 unspecified atom stereocenters. The molecule has 11 nitrogen and oxygen atoms in total. The first-order valence-electron chi connectivity index (χ1n) is 26.2. The molecule has 0 saturated carbocycles. The van der Waals surface area contributed by atoms with Gasteiger partial charge in [0, 0.05) is 12.8 Å². The number of hydrogen-bond acceptors (Lipinski definition) is 10. The molecule has 6 N–H and O–H groups in total. The highest BCUT2D eigenvalue weighted by atomic mass is 16.7. The van der Waals surface area contributed by atoms with Crippen molar-refractivity contribution in [1.82, 2.24) is 5.32 Å². The van der Waals surface area contributed by atoms with Crippen molar-refractivity contribution in [3.05, 3.63) is 72.9 Å². The fourth-order valence-electron chi connectivity index (χ4n) is 7.65. The van der Waals surface area contributed by atoms with Crippen LogP contribution in [0.25, 0.3) is 0 Å². The molecule has 8 atom stereocenters. The third-order valence-electron chi connectivity index (χ3n) is 11.9. The monoisotopic (exact) mass is 930 g/mol. The van der Waals surface area contributed by atoms with Gasteiger partial charge in [-0.05, 0) is 70.6 Å². The summed E-state index contributed by atoms with van der Waals surface area (Å²) < 4.78 is 17.4. The van der Waals surface area contributed by atoms with Gasteiger partial charge >= 0.3 is 5.97 Å². The van der Waals surface area contributed by atoms with Gasteiger partial charge in [0.2, 0.25) is 5.91 Å². The van der Waals surface area contributed by atoms with Crippen molar-refractivity contribution in [1.29, 1.82) is 0 Å². The molecule has 0 aromatic heterocycles. The summed E-state index contributed by atoms with van der Waals surface area (Å²) in [4.78, 5) is 26.3. The highest BCUT2D eigenvalue weighted by Crippen LogP contribution is 2.26. The molecule has 1 fully saturated rings. The maximum Gasteiger partial charge on any atom is 0.306 e. The number of ether oxygens (including phenoxy) is 3. The zero-order valence-electron chi connectivity index (χ0n) is 41.5. The summed E-state index contributed by atoms with van der Waals surface area (Å²) in [5.41, 5.74) is 0. The summed E-state index contributed by atoms with van der Waals surface area (Å²) >= 11 is 0. The summed E-state index contributed by atoms with van der Waals surface area (Å²) in [5.74, 6) is -1.30. The summed E-state index contributed by atoms with van der Waals surface area (Å²) in [7, 11) is 0. The minimum Gasteiger partial charge on any atom is -0.454 e. The second kappa shape index (κ2) is 43.4. The molecule has 380 valence electrons. The molecule has 66 heavy (non-hydrogen) atoms. The van der Waals surface area contributed by atoms with Crippen molar-refractivity contribution in [3.63, 3.8) is 0 Å². The minimum absolute atomic E-state index is 0.0771. The maximum atomic E-state index is 13.3. The number of nitrogens with one attached hydrogen (secondary N) is 1. The van der Waals surface area contributed by atoms with Crippen LogP contribution in [0, 0.1) is 0 Å². The normalized spacial score (nSPS) is 20.8. The Bertz CT molecular complexity index is 1340. The Kier molecular flexibility index (Phi) is 40.2. The lowest BCUT2D eigenvalue weighted by Gasteiger charge is -2.41. The van der Waals surface area contributed by atoms with Crippen LogP contribution in [-0.2, 0) is 23.8 Å². The van der Waals surface area contributed by atoms with Crippen LogP contribution < -0.4 is 5.32 Å². The summed E-state index contributed by atoms with van der Waals surface area (Å²) in [6, 6.07) is -1.06. The molecule has 0 bridgehead atoms. The Labute approximate surface area is 400 Å². The molecular formula is C55H95NO10. The number of unbranched alkanes of at least 4 members (excludes halogenated alkanes) is 19. The fraction of sp³-hybridized carbons (Fsp3) is 0.745. The molecule has 1 heterocycles. The van der Waals surface area contributed by atoms with Crippen LogP contribution in [0.15, 0.2) is 72.9 Å². The number of rotatable bonds is 42. The molecule has 1 aliphatic heterocycles. The van der Waals surface area contributed by atoms with Crippen molar-refractivity contribution < 1.29 is 49.3 Å². The smallest absolute Gasteiger partial charge is 0.306 e. The van der Waals surface area contributed by atoms with Gasteiger partial charge in [0.25, 0.3) is 0 Å². The number of allylic oxidation sites excluding steroid dienone is 10. The van der Waals surface area contributed by atoms with E-state index < -0.39 is 67.4 Å². The van der Waals surface area contributed by atoms with Crippen molar-refractivity contribution in [2.24, 2.45) is 0 Å². The maximum absolute atomic E-state index is 13.3. The minimum atomic E-state index is -1.63. The molecule has 1 rings (SSSR count). The summed E-state index contributed by atoms with van der Waals surface area (Å²) in [5, 5.41) is 56.4. The highest BCUT2D eigenvalue weighted by molar-refractivity contribution is 5.81. The van der Waals surface area contributed by atoms with E-state index >= 15 is 0 Å². The van der Waals surface area contributed by atoms with Crippen molar-refractivity contribution in [3.8, 4) is 0 Å². The molecule has 0 aromatic rings. The van der Waals surface area contributed by atoms with Gasteiger partial charge in [0.1, 0.15) is 24.4 Å². The van der Waals surface area contributed by atoms with E-state index in [4.69, 9.17) is 14.2 Å². The molecule has 0 aliphatic carbocycles. The van der Waals surface area contributed by atoms with E-state index in [-0.39, 0.29) is 19.4 Å². The number of aliphatic hydroxyl groups excluding tert-OH is 5. The van der Waals surface area contributed by atoms with E-state index in [9.17, 15) is 35.1 Å². The van der Waals surface area contributed by atoms with Gasteiger partial charge in [-0.2, -0.15) is 0 Å². The number of carbonyl (C=O) groups is 2. The van der Waals surface area contributed by atoms with Crippen LogP contribution in [0.4, 0.5) is 0 Å². The van der Waals surface area contributed by atoms with Gasteiger partial charge in [-0.1, -0.05) is 190 Å². The summed E-state index contributed by atoms with van der Waals surface area (Å²) in [6.45, 7) is 5.56. The standard InChI is InChI=1S/C55H95NO10/c1-4-7-10-13-16-19-22-24-25-28-31-34-37-40-43-50(60)66-53-52(62)51(61)49(44-57)65-55(53)64-45-46(47(58)41-38-35-32-29-26-21-18-15-12-9-6-3)56-54(63)48(59)42-39-36-33-30-27-23-20-17-14-11-8-5-2/h7,10,16,19,24-25,27,30,36,38-39,41,46-49,51-53,55,57-59,61-62H,4-6,8-9,11-15,17-18,20-23,26,28-29,31-35,37,40,42-45H2,1-3H3,(H,56,63)/b10-7+,19-16+,25-24+,30-27-,39-36+,41-38+. The topological polar surface area (TPSA) is 175 Å². The van der Waals surface area contributed by atoms with E-state index in [1.165, 1.54) is 77.0 Å². The number of aliphatic hydroxyl groups is 5. The summed E-state index contributed by atoms with van der Waals surface area (Å²) in [6.07, 6.45) is 42.6. The third-order valence-corrected chi connectivity index (χ3v) is 11.9. The second-order valence-electron chi connectivity index (χ2n) is 17.9. The average molecular weight is 930 g/mol. The van der Waals surface area contributed by atoms with Gasteiger partial charge in [0.05, 0.1) is 25.4 Å². The number of carbonyl (C=O) groups excluding carboxylic acids is 2. The third kappa shape index (κ3) is 32.0. The second-order valence-corrected chi connectivity index (χ2v) is 17.9. The lowest BCUT2D eigenvalue weighted by Crippen LogP contribution is -2.61. The van der Waals surface area contributed by atoms with E-state index in [1.54, 1.807) is 12.2 Å². The molecule has 0 spiro atoms. The van der Waals surface area contributed by atoms with Crippen LogP contribution in [-0.4, -0.2) is 99.6 Å². The predicted molar refractivity (Wildman–Crippen MR) is 269 cm³/mol. The lowest BCUT2D eigenvalue weighted by atomic mass is 9.99. The van der Waals surface area contributed by atoms with Gasteiger partial charge in [0.15, 0.2) is 12.4 Å². The molecular weight excluding hydrogens is 835 g/mol. The Hall–Kier alpha value is -2.90. The fourth-order valence-corrected chi connectivity index (χ4v) is 7.65. The van der Waals surface area contributed by atoms with E-state index in [0.717, 1.165) is 77.0 Å². The first kappa shape index (κ1) is 61.1. The van der Waals surface area contributed by atoms with Crippen molar-refractivity contribution in [2.75, 3.05) is 13.2 Å². The first-order valence-corrected chi connectivity index (χ1v) is 26.2. The molecule has 1 saturated heterocycles. The SMILES string of the molecule is CC/C=C/C/C=C/C/C=C/CCCCCCC(=O)OC1C(OCC(NC(=O)C(O)C/C=C/C/C=C\CCCCCCCC)C(O)/C=C/CCCCCCCCCCC)OC(CO)C(O)C1O. The Morgan fingerprint density at radius 2 is 1.09 bits per heavy atom. The van der Waals surface area contributed by atoms with Crippen molar-refractivity contribution in [2.45, 2.75) is 250 Å². The zero-order chi connectivity index (χ0) is 48.3. The zero-order valence-corrected chi connectivity index (χ0v) is 41.5. The lowest BCUT2D eigenvalue weighted by molar-refractivity contribution is -0.305. The van der Waals surface area contributed by atoms with Crippen LogP contribution in [0.5, 0.6) is 0 Å². The number of esters is 1. The Balaban J connectivity index is 2.83. The molecule has 1 aliphatic rings. The van der Waals surface area contributed by atoms with E-state index in [1.807, 2.05) is 12.2 Å². The number of amides is 1. The van der Waals surface area contributed by atoms with Crippen molar-refractivity contribution >= 4 is 11.9 Å². The first-order chi connectivity index (χ1) is 32.2. The van der Waals surface area contributed by atoms with Gasteiger partial charge in [-0.3, -0.25) is 9.59 Å². The van der Waals surface area contributed by atoms with Crippen LogP contribution in [0.3, 0.4) is 0 Å². The molecule has 1 amide bonds. The largest absolute Gasteiger partial charge is 0.454 e. The quantitative estimate of drug-likeness (QED) is 0.0196. The Morgan fingerprint density at radius 1 is 0.606 bits per heavy atom. The van der Waals surface area contributed by atoms with Crippen LogP contribution in [0.1, 0.15) is 201 Å². The predicted octanol–water partition coefficient (Wildman–Crippen LogP) is 10.9. The highest BCUT2D eigenvalue weighted by Gasteiger charge is 2.47. The van der Waals surface area contributed by atoms with Crippen LogP contribution in [0.2, 0.25) is 0 Å². The van der Waals surface area contributed by atoms with Gasteiger partial charge in [-0.15, -0.1) is 0 Å². The Morgan fingerprint density at radius 3 is 1.64 bits per heavy atom. The van der Waals surface area contributed by atoms with Crippen LogP contribution >= 0.6 is 0 Å². The number of hydrogen-bond donors (Lipinski definition) is 6. The molecule has 11 heteroatoms. The van der Waals surface area contributed by atoms with E-state index in [0.29, 0.717) is 12.8 Å². The average Bonchev–Trinajstić information content (AvgIpc) is 3.31.